The number of aliphatic imine (C=N–C) groups is 1. The van der Waals surface area contributed by atoms with Crippen LogP contribution in [-0.4, -0.2) is 12.3 Å². The molecule has 1 saturated carbocycles. The second-order valence-electron chi connectivity index (χ2n) is 3.47. The average molecular weight is 149 g/mol. The van der Waals surface area contributed by atoms with E-state index in [0.717, 1.165) is 6.54 Å². The minimum Gasteiger partial charge on any atom is -0.289 e. The van der Waals surface area contributed by atoms with Gasteiger partial charge in [0.15, 0.2) is 0 Å². The van der Waals surface area contributed by atoms with E-state index in [9.17, 15) is 0 Å². The fraction of sp³-hybridized carbons (Fsp3) is 0.700. The highest BCUT2D eigenvalue weighted by molar-refractivity contribution is 5.89. The second kappa shape index (κ2) is 3.21. The number of hydrogen-bond acceptors (Lipinski definition) is 1. The molecule has 60 valence electrons. The van der Waals surface area contributed by atoms with Gasteiger partial charge in [0.25, 0.3) is 0 Å². The molecule has 1 unspecified atom stereocenters. The molecule has 1 heteroatoms. The summed E-state index contributed by atoms with van der Waals surface area (Å²) in [6, 6.07) is 0. The van der Waals surface area contributed by atoms with Crippen LogP contribution in [0.25, 0.3) is 0 Å². The topological polar surface area (TPSA) is 12.4 Å². The molecule has 0 bridgehead atoms. The van der Waals surface area contributed by atoms with Crippen LogP contribution in [0.4, 0.5) is 0 Å². The van der Waals surface area contributed by atoms with E-state index >= 15 is 0 Å². The first-order valence-electron chi connectivity index (χ1n) is 4.67. The molecule has 2 rings (SSSR count). The van der Waals surface area contributed by atoms with Gasteiger partial charge in [-0.25, -0.2) is 0 Å². The fourth-order valence-corrected chi connectivity index (χ4v) is 2.00. The summed E-state index contributed by atoms with van der Waals surface area (Å²) < 4.78 is 0. The Balaban J connectivity index is 2.11. The average Bonchev–Trinajstić information content (AvgIpc) is 2.28. The van der Waals surface area contributed by atoms with Crippen molar-refractivity contribution in [1.82, 2.24) is 0 Å². The van der Waals surface area contributed by atoms with Crippen molar-refractivity contribution in [1.29, 1.82) is 0 Å². The zero-order chi connectivity index (χ0) is 7.52. The Kier molecular flexibility index (Phi) is 2.06. The minimum absolute atomic E-state index is 0.714. The van der Waals surface area contributed by atoms with E-state index in [-0.39, 0.29) is 0 Å². The van der Waals surface area contributed by atoms with E-state index in [1.165, 1.54) is 37.8 Å². The summed E-state index contributed by atoms with van der Waals surface area (Å²) >= 11 is 0. The largest absolute Gasteiger partial charge is 0.289 e. The van der Waals surface area contributed by atoms with Crippen molar-refractivity contribution >= 4 is 5.71 Å². The third kappa shape index (κ3) is 1.52. The van der Waals surface area contributed by atoms with Gasteiger partial charge in [0.05, 0.1) is 6.54 Å². The van der Waals surface area contributed by atoms with E-state index in [1.54, 1.807) is 0 Å². The molecule has 0 amide bonds. The summed E-state index contributed by atoms with van der Waals surface area (Å²) in [7, 11) is 0. The molecule has 11 heavy (non-hydrogen) atoms. The molecule has 1 heterocycles. The van der Waals surface area contributed by atoms with Gasteiger partial charge >= 0.3 is 0 Å². The molecule has 1 atom stereocenters. The quantitative estimate of drug-likeness (QED) is 0.469. The van der Waals surface area contributed by atoms with Crippen molar-refractivity contribution in [3.05, 3.63) is 12.2 Å². The van der Waals surface area contributed by atoms with E-state index < -0.39 is 0 Å². The van der Waals surface area contributed by atoms with Gasteiger partial charge in [0, 0.05) is 11.6 Å². The summed E-state index contributed by atoms with van der Waals surface area (Å²) in [5, 5.41) is 0. The predicted molar refractivity (Wildman–Crippen MR) is 48.0 cm³/mol. The predicted octanol–water partition coefficient (Wildman–Crippen LogP) is 2.58. The summed E-state index contributed by atoms with van der Waals surface area (Å²) in [5.74, 6) is 0.714. The molecule has 1 aliphatic carbocycles. The van der Waals surface area contributed by atoms with E-state index in [4.69, 9.17) is 0 Å². The van der Waals surface area contributed by atoms with Crippen molar-refractivity contribution in [3.8, 4) is 0 Å². The van der Waals surface area contributed by atoms with Crippen LogP contribution >= 0.6 is 0 Å². The van der Waals surface area contributed by atoms with E-state index in [2.05, 4.69) is 17.1 Å². The van der Waals surface area contributed by atoms with Gasteiger partial charge in [-0.05, 0) is 19.3 Å². The Bertz CT molecular complexity index is 191. The third-order valence-corrected chi connectivity index (χ3v) is 2.64. The molecule has 0 radical (unpaired) electrons. The summed E-state index contributed by atoms with van der Waals surface area (Å²) in [6.07, 6.45) is 11.3. The van der Waals surface area contributed by atoms with Crippen molar-refractivity contribution in [2.24, 2.45) is 10.9 Å². The maximum Gasteiger partial charge on any atom is 0.0570 e. The van der Waals surface area contributed by atoms with Crippen LogP contribution < -0.4 is 0 Å². The van der Waals surface area contributed by atoms with E-state index in [0.29, 0.717) is 5.92 Å². The normalized spacial score (nSPS) is 30.5. The van der Waals surface area contributed by atoms with Crippen molar-refractivity contribution in [2.45, 2.75) is 32.1 Å². The Hall–Kier alpha value is -0.590. The SMILES string of the molecule is C1=CC2CCCCCC2=NC1. The molecule has 0 aromatic heterocycles. The van der Waals surface area contributed by atoms with Crippen LogP contribution in [0.3, 0.4) is 0 Å². The lowest BCUT2D eigenvalue weighted by molar-refractivity contribution is 0.656. The molecule has 0 saturated heterocycles. The number of allylic oxidation sites excluding steroid dienone is 1. The Morgan fingerprint density at radius 2 is 2.27 bits per heavy atom. The Morgan fingerprint density at radius 1 is 1.27 bits per heavy atom. The molecule has 0 aromatic carbocycles. The highest BCUT2D eigenvalue weighted by Crippen LogP contribution is 2.23. The van der Waals surface area contributed by atoms with Crippen LogP contribution in [0, 0.1) is 5.92 Å². The molecule has 1 nitrogen and oxygen atoms in total. The zero-order valence-electron chi connectivity index (χ0n) is 6.92. The number of rotatable bonds is 0. The smallest absolute Gasteiger partial charge is 0.0570 e. The number of dihydropyridines is 1. The summed E-state index contributed by atoms with van der Waals surface area (Å²) in [5.41, 5.74) is 1.48. The summed E-state index contributed by atoms with van der Waals surface area (Å²) in [6.45, 7) is 0.936. The number of hydrogen-bond donors (Lipinski definition) is 0. The first-order chi connectivity index (χ1) is 5.47. The van der Waals surface area contributed by atoms with E-state index in [1.807, 2.05) is 0 Å². The first-order valence-corrected chi connectivity index (χ1v) is 4.67. The molecule has 0 spiro atoms. The zero-order valence-corrected chi connectivity index (χ0v) is 6.92. The lowest BCUT2D eigenvalue weighted by atomic mass is 9.96. The van der Waals surface area contributed by atoms with Crippen LogP contribution in [-0.2, 0) is 0 Å². The van der Waals surface area contributed by atoms with Gasteiger partial charge in [-0.2, -0.15) is 0 Å². The molecule has 0 aromatic rings. The van der Waals surface area contributed by atoms with Gasteiger partial charge in [0.2, 0.25) is 0 Å². The van der Waals surface area contributed by atoms with Gasteiger partial charge in [-0.15, -0.1) is 0 Å². The lowest BCUT2D eigenvalue weighted by Crippen LogP contribution is -2.13. The van der Waals surface area contributed by atoms with Gasteiger partial charge < -0.3 is 0 Å². The minimum atomic E-state index is 0.714. The summed E-state index contributed by atoms with van der Waals surface area (Å²) in [4.78, 5) is 4.54. The molecular formula is C10H15N. The van der Waals surface area contributed by atoms with Crippen LogP contribution in [0.15, 0.2) is 17.1 Å². The maximum absolute atomic E-state index is 4.54. The highest BCUT2D eigenvalue weighted by Gasteiger charge is 2.17. The Morgan fingerprint density at radius 3 is 3.27 bits per heavy atom. The second-order valence-corrected chi connectivity index (χ2v) is 3.47. The first kappa shape index (κ1) is 7.08. The fourth-order valence-electron chi connectivity index (χ4n) is 2.00. The van der Waals surface area contributed by atoms with Crippen LogP contribution in [0.1, 0.15) is 32.1 Å². The van der Waals surface area contributed by atoms with Crippen LogP contribution in [0.5, 0.6) is 0 Å². The van der Waals surface area contributed by atoms with Crippen molar-refractivity contribution < 1.29 is 0 Å². The molecular weight excluding hydrogens is 134 g/mol. The maximum atomic E-state index is 4.54. The number of fused-ring (bicyclic) bond motifs is 1. The molecule has 2 aliphatic rings. The highest BCUT2D eigenvalue weighted by atomic mass is 14.7. The van der Waals surface area contributed by atoms with Crippen molar-refractivity contribution in [3.63, 3.8) is 0 Å². The van der Waals surface area contributed by atoms with Crippen molar-refractivity contribution in [2.75, 3.05) is 6.54 Å². The van der Waals surface area contributed by atoms with Gasteiger partial charge in [-0.1, -0.05) is 25.0 Å². The van der Waals surface area contributed by atoms with Crippen LogP contribution in [0.2, 0.25) is 0 Å². The lowest BCUT2D eigenvalue weighted by Gasteiger charge is -2.15. The third-order valence-electron chi connectivity index (χ3n) is 2.64. The molecule has 0 N–H and O–H groups in total. The molecule has 1 aliphatic heterocycles. The molecule has 1 fully saturated rings. The monoisotopic (exact) mass is 149 g/mol. The van der Waals surface area contributed by atoms with Gasteiger partial charge in [0.1, 0.15) is 0 Å². The standard InChI is InChI=1S/C10H15N/c1-2-5-9-6-4-8-11-10(9)7-3-1/h4,6,9H,1-3,5,7-8H2. The number of nitrogens with zero attached hydrogens (tertiary/aromatic N) is 1. The van der Waals surface area contributed by atoms with Gasteiger partial charge in [-0.3, -0.25) is 4.99 Å². The Labute approximate surface area is 68.2 Å².